The molecule has 8 heteroatoms. The first kappa shape index (κ1) is 25.6. The van der Waals surface area contributed by atoms with Crippen molar-refractivity contribution in [1.29, 1.82) is 0 Å². The predicted molar refractivity (Wildman–Crippen MR) is 119 cm³/mol. The summed E-state index contributed by atoms with van der Waals surface area (Å²) in [6.45, 7) is 1.79. The summed E-state index contributed by atoms with van der Waals surface area (Å²) in [4.78, 5) is 21.9. The van der Waals surface area contributed by atoms with E-state index >= 15 is 0 Å². The number of halogens is 1. The molecule has 1 aromatic rings. The number of carboxylic acids is 1. The average Bonchev–Trinajstić information content (AvgIpc) is 3.03. The molecule has 1 aromatic carbocycles. The zero-order valence-electron chi connectivity index (χ0n) is 18.0. The molecule has 7 nitrogen and oxygen atoms in total. The Morgan fingerprint density at radius 1 is 1.23 bits per heavy atom. The molecule has 6 atom stereocenters. The summed E-state index contributed by atoms with van der Waals surface area (Å²) in [6.07, 6.45) is 3.88. The second-order valence-electron chi connectivity index (χ2n) is 8.58. The highest BCUT2D eigenvalue weighted by molar-refractivity contribution is 6.30. The van der Waals surface area contributed by atoms with Gasteiger partial charge in [-0.1, -0.05) is 42.1 Å². The molecule has 1 aliphatic rings. The summed E-state index contributed by atoms with van der Waals surface area (Å²) >= 11 is 5.97. The zero-order valence-corrected chi connectivity index (χ0v) is 18.8. The van der Waals surface area contributed by atoms with E-state index in [1.54, 1.807) is 31.2 Å². The van der Waals surface area contributed by atoms with Crippen molar-refractivity contribution in [2.75, 3.05) is 0 Å². The van der Waals surface area contributed by atoms with Gasteiger partial charge in [0.15, 0.2) is 0 Å². The Kier molecular flexibility index (Phi) is 10.7. The SMILES string of the molecule is CC(Oc1cccc(Cl)c1)[C@H](O)CC[C@H]1C(N=O)C[C@H](O)[C@@H]1CCCCCCC(=O)O. The van der Waals surface area contributed by atoms with Gasteiger partial charge in [-0.05, 0) is 69.1 Å². The van der Waals surface area contributed by atoms with E-state index in [1.807, 2.05) is 0 Å². The number of hydrogen-bond donors (Lipinski definition) is 3. The van der Waals surface area contributed by atoms with Crippen molar-refractivity contribution in [2.24, 2.45) is 17.0 Å². The highest BCUT2D eigenvalue weighted by atomic mass is 35.5. The van der Waals surface area contributed by atoms with Gasteiger partial charge in [0.05, 0.1) is 18.2 Å². The molecule has 174 valence electrons. The molecule has 1 fully saturated rings. The molecule has 0 spiro atoms. The molecule has 1 saturated carbocycles. The molecule has 0 aromatic heterocycles. The van der Waals surface area contributed by atoms with E-state index in [4.69, 9.17) is 21.4 Å². The van der Waals surface area contributed by atoms with Crippen molar-refractivity contribution in [2.45, 2.75) is 89.1 Å². The lowest BCUT2D eigenvalue weighted by Crippen LogP contribution is -2.31. The summed E-state index contributed by atoms with van der Waals surface area (Å²) in [7, 11) is 0. The summed E-state index contributed by atoms with van der Waals surface area (Å²) < 4.78 is 5.78. The van der Waals surface area contributed by atoms with Gasteiger partial charge in [0, 0.05) is 11.4 Å². The van der Waals surface area contributed by atoms with Gasteiger partial charge in [-0.2, -0.15) is 4.91 Å². The van der Waals surface area contributed by atoms with E-state index in [2.05, 4.69) is 5.18 Å². The first-order valence-corrected chi connectivity index (χ1v) is 11.5. The van der Waals surface area contributed by atoms with Gasteiger partial charge < -0.3 is 20.1 Å². The number of benzene rings is 1. The fourth-order valence-corrected chi connectivity index (χ4v) is 4.72. The van der Waals surface area contributed by atoms with E-state index in [-0.39, 0.29) is 18.3 Å². The number of hydrogen-bond acceptors (Lipinski definition) is 6. The smallest absolute Gasteiger partial charge is 0.303 e. The van der Waals surface area contributed by atoms with Gasteiger partial charge in [-0.25, -0.2) is 0 Å². The van der Waals surface area contributed by atoms with Gasteiger partial charge >= 0.3 is 5.97 Å². The molecule has 0 radical (unpaired) electrons. The molecule has 0 bridgehead atoms. The van der Waals surface area contributed by atoms with Crippen LogP contribution in [0.2, 0.25) is 5.02 Å². The number of nitrogens with zero attached hydrogens (tertiary/aromatic N) is 1. The van der Waals surface area contributed by atoms with Gasteiger partial charge in [-0.3, -0.25) is 4.79 Å². The van der Waals surface area contributed by atoms with Crippen molar-refractivity contribution in [3.63, 3.8) is 0 Å². The maximum absolute atomic E-state index is 11.3. The first-order valence-electron chi connectivity index (χ1n) is 11.1. The van der Waals surface area contributed by atoms with E-state index in [0.717, 1.165) is 25.7 Å². The molecular weight excluding hydrogens is 422 g/mol. The fourth-order valence-electron chi connectivity index (χ4n) is 4.54. The van der Waals surface area contributed by atoms with Gasteiger partial charge in [0.25, 0.3) is 0 Å². The number of aliphatic hydroxyl groups excluding tert-OH is 2. The lowest BCUT2D eigenvalue weighted by Gasteiger charge is -2.26. The minimum Gasteiger partial charge on any atom is -0.488 e. The Balaban J connectivity index is 1.82. The lowest BCUT2D eigenvalue weighted by molar-refractivity contribution is -0.137. The van der Waals surface area contributed by atoms with Crippen LogP contribution in [-0.2, 0) is 4.79 Å². The molecular formula is C23H34ClNO6. The Hall–Kier alpha value is -1.70. The molecule has 2 rings (SSSR count). The predicted octanol–water partition coefficient (Wildman–Crippen LogP) is 4.81. The number of aliphatic hydroxyl groups is 2. The van der Waals surface area contributed by atoms with Crippen molar-refractivity contribution < 1.29 is 24.9 Å². The fraction of sp³-hybridized carbons (Fsp3) is 0.696. The Morgan fingerprint density at radius 2 is 1.97 bits per heavy atom. The van der Waals surface area contributed by atoms with Crippen LogP contribution in [0.25, 0.3) is 0 Å². The number of rotatable bonds is 14. The highest BCUT2D eigenvalue weighted by Crippen LogP contribution is 2.41. The molecule has 2 unspecified atom stereocenters. The van der Waals surface area contributed by atoms with E-state index < -0.39 is 30.3 Å². The van der Waals surface area contributed by atoms with Crippen LogP contribution in [0.3, 0.4) is 0 Å². The third-order valence-corrected chi connectivity index (χ3v) is 6.53. The minimum absolute atomic E-state index is 0.0291. The van der Waals surface area contributed by atoms with Gasteiger partial charge in [-0.15, -0.1) is 0 Å². The number of carbonyl (C=O) groups is 1. The maximum atomic E-state index is 11.3. The molecule has 0 aliphatic heterocycles. The van der Waals surface area contributed by atoms with E-state index in [9.17, 15) is 19.9 Å². The van der Waals surface area contributed by atoms with Crippen molar-refractivity contribution >= 4 is 17.6 Å². The molecule has 31 heavy (non-hydrogen) atoms. The number of ether oxygens (including phenoxy) is 1. The third kappa shape index (κ3) is 8.39. The monoisotopic (exact) mass is 455 g/mol. The molecule has 0 amide bonds. The molecule has 1 aliphatic carbocycles. The van der Waals surface area contributed by atoms with Crippen LogP contribution in [0.15, 0.2) is 29.4 Å². The quantitative estimate of drug-likeness (QED) is 0.274. The molecule has 0 saturated heterocycles. The number of nitroso groups, excluding NO2 is 1. The van der Waals surface area contributed by atoms with E-state index in [0.29, 0.717) is 36.5 Å². The topological polar surface area (TPSA) is 116 Å². The zero-order chi connectivity index (χ0) is 22.8. The second-order valence-corrected chi connectivity index (χ2v) is 9.01. The normalized spacial score (nSPS) is 25.2. The highest BCUT2D eigenvalue weighted by Gasteiger charge is 2.43. The summed E-state index contributed by atoms with van der Waals surface area (Å²) in [5, 5.41) is 33.5. The van der Waals surface area contributed by atoms with Crippen LogP contribution in [0, 0.1) is 16.7 Å². The van der Waals surface area contributed by atoms with E-state index in [1.165, 1.54) is 0 Å². The Labute approximate surface area is 188 Å². The Bertz CT molecular complexity index is 702. The number of carboxylic acid groups (broad SMARTS) is 1. The van der Waals surface area contributed by atoms with Crippen molar-refractivity contribution in [3.05, 3.63) is 34.2 Å². The van der Waals surface area contributed by atoms with Crippen LogP contribution in [-0.4, -0.2) is 45.6 Å². The van der Waals surface area contributed by atoms with Crippen LogP contribution < -0.4 is 4.74 Å². The van der Waals surface area contributed by atoms with Crippen LogP contribution in [0.4, 0.5) is 0 Å². The van der Waals surface area contributed by atoms with Crippen LogP contribution in [0.1, 0.15) is 64.7 Å². The summed E-state index contributed by atoms with van der Waals surface area (Å²) in [5.41, 5.74) is 0. The molecule has 0 heterocycles. The average molecular weight is 456 g/mol. The van der Waals surface area contributed by atoms with Crippen molar-refractivity contribution in [1.82, 2.24) is 0 Å². The first-order chi connectivity index (χ1) is 14.8. The minimum atomic E-state index is -0.779. The van der Waals surface area contributed by atoms with Gasteiger partial charge in [0.2, 0.25) is 0 Å². The van der Waals surface area contributed by atoms with Crippen LogP contribution >= 0.6 is 11.6 Å². The van der Waals surface area contributed by atoms with Crippen molar-refractivity contribution in [3.8, 4) is 5.75 Å². The number of aliphatic carboxylic acids is 1. The third-order valence-electron chi connectivity index (χ3n) is 6.29. The molecule has 3 N–H and O–H groups in total. The lowest BCUT2D eigenvalue weighted by atomic mass is 9.84. The van der Waals surface area contributed by atoms with Gasteiger partial charge in [0.1, 0.15) is 11.9 Å². The summed E-state index contributed by atoms with van der Waals surface area (Å²) in [6, 6.07) is 6.56. The maximum Gasteiger partial charge on any atom is 0.303 e. The van der Waals surface area contributed by atoms with Crippen LogP contribution in [0.5, 0.6) is 5.75 Å². The second kappa shape index (κ2) is 13.0. The number of unbranched alkanes of at least 4 members (excludes halogenated alkanes) is 3. The largest absolute Gasteiger partial charge is 0.488 e. The summed E-state index contributed by atoms with van der Waals surface area (Å²) in [5.74, 6) is -0.292. The standard InChI is InChI=1S/C23H34ClNO6/c1-15(31-17-8-6-7-16(24)13-17)21(26)12-11-18-19(22(27)14-20(18)25-30)9-4-2-3-5-10-23(28)29/h6-8,13,15,18-22,26-27H,2-5,9-12,14H2,1H3,(H,28,29)/t15?,18-,19-,20?,21-,22+/m1/s1. The Morgan fingerprint density at radius 3 is 2.65 bits per heavy atom.